The van der Waals surface area contributed by atoms with Crippen LogP contribution in [-0.2, 0) is 4.79 Å². The Kier molecular flexibility index (Phi) is 2.05. The molecule has 0 radical (unpaired) electrons. The van der Waals surface area contributed by atoms with Gasteiger partial charge in [-0.05, 0) is 31.3 Å². The molecule has 0 spiro atoms. The number of aliphatic hydroxyl groups is 1. The first kappa shape index (κ1) is 9.22. The largest absolute Gasteiger partial charge is 0.367 e. The van der Waals surface area contributed by atoms with Crippen molar-refractivity contribution in [3.8, 4) is 6.07 Å². The minimum absolute atomic E-state index is 0.388. The molecular weight excluding hydrogens is 180 g/mol. The fourth-order valence-corrected chi connectivity index (χ4v) is 2.08. The van der Waals surface area contributed by atoms with E-state index in [2.05, 4.69) is 5.32 Å². The molecule has 1 aliphatic heterocycles. The van der Waals surface area contributed by atoms with Gasteiger partial charge in [0.2, 0.25) is 5.91 Å². The molecule has 2 aliphatic rings. The van der Waals surface area contributed by atoms with Crippen LogP contribution in [0.3, 0.4) is 0 Å². The van der Waals surface area contributed by atoms with Crippen LogP contribution in [0.25, 0.3) is 0 Å². The Morgan fingerprint density at radius 2 is 2.43 bits per heavy atom. The average molecular weight is 192 g/mol. The average Bonchev–Trinajstić information content (AvgIpc) is 2.15. The van der Waals surface area contributed by atoms with Gasteiger partial charge in [0.05, 0.1) is 6.07 Å². The second-order valence-electron chi connectivity index (χ2n) is 3.86. The maximum absolute atomic E-state index is 11.3. The van der Waals surface area contributed by atoms with E-state index in [1.165, 1.54) is 0 Å². The van der Waals surface area contributed by atoms with Crippen LogP contribution >= 0.6 is 0 Å². The van der Waals surface area contributed by atoms with Crippen molar-refractivity contribution in [2.24, 2.45) is 5.92 Å². The summed E-state index contributed by atoms with van der Waals surface area (Å²) in [5.41, 5.74) is -0.363. The minimum Gasteiger partial charge on any atom is -0.367 e. The van der Waals surface area contributed by atoms with E-state index in [0.29, 0.717) is 6.42 Å². The Balaban J connectivity index is 2.34. The van der Waals surface area contributed by atoms with Crippen LogP contribution in [0.4, 0.5) is 0 Å². The third-order valence-electron chi connectivity index (χ3n) is 2.89. The van der Waals surface area contributed by atoms with Crippen LogP contribution in [0.1, 0.15) is 25.7 Å². The van der Waals surface area contributed by atoms with Crippen LogP contribution < -0.4 is 5.32 Å². The fourth-order valence-electron chi connectivity index (χ4n) is 2.08. The van der Waals surface area contributed by atoms with Gasteiger partial charge in [-0.25, -0.2) is 0 Å². The summed E-state index contributed by atoms with van der Waals surface area (Å²) in [5.74, 6) is -1.12. The summed E-state index contributed by atoms with van der Waals surface area (Å²) in [6.45, 7) is 0. The molecule has 0 aromatic carbocycles. The molecule has 0 saturated heterocycles. The van der Waals surface area contributed by atoms with Gasteiger partial charge in [-0.15, -0.1) is 0 Å². The zero-order chi connectivity index (χ0) is 10.2. The number of hydrogen-bond acceptors (Lipinski definition) is 3. The lowest BCUT2D eigenvalue weighted by Gasteiger charge is -2.39. The maximum Gasteiger partial charge on any atom is 0.243 e. The van der Waals surface area contributed by atoms with Crippen molar-refractivity contribution >= 4 is 5.91 Å². The quantitative estimate of drug-likeness (QED) is 0.547. The SMILES string of the molecule is N#CC1C=C2CCCCC2(O)NC1=O. The summed E-state index contributed by atoms with van der Waals surface area (Å²) in [4.78, 5) is 11.3. The molecule has 1 amide bonds. The number of hydrogen-bond donors (Lipinski definition) is 2. The molecule has 14 heavy (non-hydrogen) atoms. The van der Waals surface area contributed by atoms with E-state index in [-0.39, 0.29) is 5.91 Å². The Morgan fingerprint density at radius 3 is 3.14 bits per heavy atom. The van der Waals surface area contributed by atoms with Crippen molar-refractivity contribution in [2.75, 3.05) is 0 Å². The highest BCUT2D eigenvalue weighted by Gasteiger charge is 2.40. The van der Waals surface area contributed by atoms with Crippen molar-refractivity contribution in [2.45, 2.75) is 31.4 Å². The summed E-state index contributed by atoms with van der Waals surface area (Å²) in [6.07, 6.45) is 4.86. The van der Waals surface area contributed by atoms with Crippen molar-refractivity contribution in [3.63, 3.8) is 0 Å². The predicted molar refractivity (Wildman–Crippen MR) is 48.7 cm³/mol. The van der Waals surface area contributed by atoms with Crippen molar-refractivity contribution in [1.29, 1.82) is 5.26 Å². The normalized spacial score (nSPS) is 36.4. The molecule has 4 heteroatoms. The Labute approximate surface area is 82.2 Å². The van der Waals surface area contributed by atoms with Crippen molar-refractivity contribution < 1.29 is 9.90 Å². The topological polar surface area (TPSA) is 73.1 Å². The Morgan fingerprint density at radius 1 is 1.64 bits per heavy atom. The van der Waals surface area contributed by atoms with Gasteiger partial charge in [-0.3, -0.25) is 4.79 Å². The van der Waals surface area contributed by atoms with E-state index < -0.39 is 11.6 Å². The first-order valence-electron chi connectivity index (χ1n) is 4.81. The predicted octanol–water partition coefficient (Wildman–Crippen LogP) is 0.445. The van der Waals surface area contributed by atoms with E-state index in [4.69, 9.17) is 5.26 Å². The highest BCUT2D eigenvalue weighted by molar-refractivity contribution is 5.85. The van der Waals surface area contributed by atoms with Gasteiger partial charge in [-0.1, -0.05) is 6.08 Å². The summed E-state index contributed by atoms with van der Waals surface area (Å²) in [5, 5.41) is 21.3. The monoisotopic (exact) mass is 192 g/mol. The highest BCUT2D eigenvalue weighted by atomic mass is 16.3. The molecule has 1 heterocycles. The molecule has 74 valence electrons. The lowest BCUT2D eigenvalue weighted by atomic mass is 9.81. The van der Waals surface area contributed by atoms with Crippen LogP contribution in [0, 0.1) is 17.2 Å². The molecule has 1 fully saturated rings. The minimum atomic E-state index is -1.16. The molecule has 2 unspecified atom stereocenters. The standard InChI is InChI=1S/C10H12N2O2/c11-6-7-5-8-3-1-2-4-10(8,14)12-9(7)13/h5,7,14H,1-4H2,(H,12,13). The van der Waals surface area contributed by atoms with E-state index >= 15 is 0 Å². The lowest BCUT2D eigenvalue weighted by molar-refractivity contribution is -0.130. The first-order chi connectivity index (χ1) is 6.65. The van der Waals surface area contributed by atoms with Crippen molar-refractivity contribution in [1.82, 2.24) is 5.32 Å². The molecule has 0 aromatic rings. The third kappa shape index (κ3) is 1.30. The molecule has 0 bridgehead atoms. The number of fused-ring (bicyclic) bond motifs is 1. The van der Waals surface area contributed by atoms with E-state index in [0.717, 1.165) is 24.8 Å². The lowest BCUT2D eigenvalue weighted by Crippen LogP contribution is -2.55. The van der Waals surface area contributed by atoms with Gasteiger partial charge in [0.15, 0.2) is 5.72 Å². The van der Waals surface area contributed by atoms with Crippen LogP contribution in [-0.4, -0.2) is 16.7 Å². The smallest absolute Gasteiger partial charge is 0.243 e. The molecule has 2 rings (SSSR count). The number of nitrogens with one attached hydrogen (secondary N) is 1. The van der Waals surface area contributed by atoms with Gasteiger partial charge in [0.25, 0.3) is 0 Å². The van der Waals surface area contributed by atoms with E-state index in [9.17, 15) is 9.90 Å². The van der Waals surface area contributed by atoms with E-state index in [1.807, 2.05) is 6.07 Å². The highest BCUT2D eigenvalue weighted by Crippen LogP contribution is 2.34. The summed E-state index contributed by atoms with van der Waals surface area (Å²) in [7, 11) is 0. The molecule has 4 nitrogen and oxygen atoms in total. The summed E-state index contributed by atoms with van der Waals surface area (Å²) >= 11 is 0. The number of nitriles is 1. The zero-order valence-corrected chi connectivity index (χ0v) is 7.79. The number of carbonyl (C=O) groups is 1. The molecular formula is C10H12N2O2. The summed E-state index contributed by atoms with van der Waals surface area (Å²) < 4.78 is 0. The van der Waals surface area contributed by atoms with Gasteiger partial charge in [0, 0.05) is 0 Å². The van der Waals surface area contributed by atoms with Gasteiger partial charge in [0.1, 0.15) is 5.92 Å². The number of nitrogens with zero attached hydrogens (tertiary/aromatic N) is 1. The Hall–Kier alpha value is -1.34. The van der Waals surface area contributed by atoms with Gasteiger partial charge >= 0.3 is 0 Å². The fraction of sp³-hybridized carbons (Fsp3) is 0.600. The molecule has 2 atom stereocenters. The molecule has 0 aromatic heterocycles. The number of carbonyl (C=O) groups excluding carboxylic acids is 1. The maximum atomic E-state index is 11.3. The first-order valence-corrected chi connectivity index (χ1v) is 4.81. The third-order valence-corrected chi connectivity index (χ3v) is 2.89. The number of rotatable bonds is 0. The number of amides is 1. The molecule has 2 N–H and O–H groups in total. The van der Waals surface area contributed by atoms with Crippen LogP contribution in [0.15, 0.2) is 11.6 Å². The second-order valence-corrected chi connectivity index (χ2v) is 3.86. The summed E-state index contributed by atoms with van der Waals surface area (Å²) in [6, 6.07) is 1.90. The van der Waals surface area contributed by atoms with Gasteiger partial charge < -0.3 is 10.4 Å². The van der Waals surface area contributed by atoms with Crippen LogP contribution in [0.2, 0.25) is 0 Å². The van der Waals surface area contributed by atoms with Crippen molar-refractivity contribution in [3.05, 3.63) is 11.6 Å². The Bertz CT molecular complexity index is 343. The molecule has 1 aliphatic carbocycles. The van der Waals surface area contributed by atoms with E-state index in [1.54, 1.807) is 6.08 Å². The second kappa shape index (κ2) is 3.10. The van der Waals surface area contributed by atoms with Crippen LogP contribution in [0.5, 0.6) is 0 Å². The molecule has 1 saturated carbocycles. The zero-order valence-electron chi connectivity index (χ0n) is 7.79. The van der Waals surface area contributed by atoms with Gasteiger partial charge in [-0.2, -0.15) is 5.26 Å².